The van der Waals surface area contributed by atoms with Gasteiger partial charge in [-0.3, -0.25) is 14.2 Å². The van der Waals surface area contributed by atoms with E-state index < -0.39 is 16.3 Å². The molecule has 4 heterocycles. The lowest BCUT2D eigenvalue weighted by atomic mass is 9.84. The molecule has 2 aromatic carbocycles. The van der Waals surface area contributed by atoms with Crippen molar-refractivity contribution in [2.45, 2.75) is 36.9 Å². The van der Waals surface area contributed by atoms with Crippen molar-refractivity contribution in [1.82, 2.24) is 10.2 Å². The van der Waals surface area contributed by atoms with Crippen molar-refractivity contribution in [1.29, 1.82) is 0 Å². The zero-order chi connectivity index (χ0) is 24.7. The van der Waals surface area contributed by atoms with Gasteiger partial charge < -0.3 is 19.7 Å². The Morgan fingerprint density at radius 2 is 1.86 bits per heavy atom. The molecular formula is C25H29N3O6S. The fourth-order valence-electron chi connectivity index (χ4n) is 5.11. The summed E-state index contributed by atoms with van der Waals surface area (Å²) in [6.45, 7) is 4.70. The highest BCUT2D eigenvalue weighted by molar-refractivity contribution is 7.86. The molecular weight excluding hydrogens is 470 g/mol. The molecule has 186 valence electrons. The van der Waals surface area contributed by atoms with Crippen LogP contribution in [-0.4, -0.2) is 62.8 Å². The Balaban J connectivity index is 1.50. The van der Waals surface area contributed by atoms with E-state index in [1.165, 1.54) is 11.0 Å². The van der Waals surface area contributed by atoms with Gasteiger partial charge in [0.1, 0.15) is 16.4 Å². The fourth-order valence-corrected chi connectivity index (χ4v) is 5.77. The van der Waals surface area contributed by atoms with Gasteiger partial charge in [0.2, 0.25) is 0 Å². The van der Waals surface area contributed by atoms with Gasteiger partial charge >= 0.3 is 0 Å². The Bertz CT molecular complexity index is 1250. The van der Waals surface area contributed by atoms with E-state index in [2.05, 4.69) is 10.2 Å². The molecule has 4 aliphatic heterocycles. The number of anilines is 1. The van der Waals surface area contributed by atoms with Crippen molar-refractivity contribution in [2.24, 2.45) is 5.92 Å². The first-order chi connectivity index (χ1) is 16.7. The van der Waals surface area contributed by atoms with Crippen LogP contribution in [0.3, 0.4) is 0 Å². The van der Waals surface area contributed by atoms with Crippen LogP contribution in [0, 0.1) is 12.8 Å². The number of nitrogens with one attached hydrogen (secondary N) is 1. The number of hydrogen-bond acceptors (Lipinski definition) is 7. The Morgan fingerprint density at radius 3 is 2.46 bits per heavy atom. The molecule has 0 spiro atoms. The number of methoxy groups -OCH3 is 1. The summed E-state index contributed by atoms with van der Waals surface area (Å²) in [5.74, 6) is 1.14. The van der Waals surface area contributed by atoms with E-state index in [9.17, 15) is 17.8 Å². The Morgan fingerprint density at radius 1 is 1.14 bits per heavy atom. The van der Waals surface area contributed by atoms with E-state index in [0.29, 0.717) is 23.0 Å². The molecule has 3 saturated heterocycles. The monoisotopic (exact) mass is 499 g/mol. The van der Waals surface area contributed by atoms with Gasteiger partial charge in [-0.15, -0.1) is 0 Å². The molecule has 3 fully saturated rings. The van der Waals surface area contributed by atoms with Crippen molar-refractivity contribution in [3.05, 3.63) is 59.8 Å². The van der Waals surface area contributed by atoms with Gasteiger partial charge in [-0.25, -0.2) is 0 Å². The van der Waals surface area contributed by atoms with E-state index in [1.807, 2.05) is 6.92 Å². The maximum absolute atomic E-state index is 13.5. The second kappa shape index (κ2) is 9.18. The maximum Gasteiger partial charge on any atom is 0.296 e. The van der Waals surface area contributed by atoms with Crippen LogP contribution in [0.2, 0.25) is 0 Å². The number of carbonyl (C=O) groups excluding carboxylic acids is 1. The number of piperidine rings is 3. The number of fused-ring (bicyclic) bond motifs is 3. The average Bonchev–Trinajstić information content (AvgIpc) is 3.30. The zero-order valence-electron chi connectivity index (χ0n) is 19.7. The Kier molecular flexibility index (Phi) is 6.20. The molecule has 10 heteroatoms. The highest BCUT2D eigenvalue weighted by Crippen LogP contribution is 2.36. The molecule has 0 radical (unpaired) electrons. The Hall–Kier alpha value is -3.08. The minimum Gasteiger partial charge on any atom is -0.497 e. The van der Waals surface area contributed by atoms with Gasteiger partial charge in [-0.05, 0) is 80.7 Å². The van der Waals surface area contributed by atoms with Crippen LogP contribution >= 0.6 is 0 Å². The van der Waals surface area contributed by atoms with Crippen LogP contribution < -0.4 is 15.0 Å². The first kappa shape index (κ1) is 23.7. The van der Waals surface area contributed by atoms with Crippen molar-refractivity contribution in [3.8, 4) is 5.75 Å². The second-order valence-corrected chi connectivity index (χ2v) is 10.7. The van der Waals surface area contributed by atoms with Crippen LogP contribution in [-0.2, 0) is 19.6 Å². The molecule has 6 rings (SSSR count). The van der Waals surface area contributed by atoms with E-state index in [-0.39, 0.29) is 22.5 Å². The maximum atomic E-state index is 13.5. The molecule has 9 nitrogen and oxygen atoms in total. The highest BCUT2D eigenvalue weighted by Gasteiger charge is 2.40. The minimum atomic E-state index is -4.54. The van der Waals surface area contributed by atoms with Crippen LogP contribution in [0.15, 0.2) is 53.6 Å². The summed E-state index contributed by atoms with van der Waals surface area (Å²) >= 11 is 0. The van der Waals surface area contributed by atoms with Gasteiger partial charge in [0.05, 0.1) is 19.0 Å². The number of nitrogens with zero attached hydrogens (tertiary/aromatic N) is 2. The van der Waals surface area contributed by atoms with Crippen molar-refractivity contribution < 1.29 is 27.2 Å². The van der Waals surface area contributed by atoms with Crippen LogP contribution in [0.1, 0.15) is 24.0 Å². The lowest BCUT2D eigenvalue weighted by Crippen LogP contribution is -2.59. The molecule has 35 heavy (non-hydrogen) atoms. The number of amides is 1. The van der Waals surface area contributed by atoms with E-state index in [0.717, 1.165) is 38.0 Å². The van der Waals surface area contributed by atoms with E-state index >= 15 is 0 Å². The van der Waals surface area contributed by atoms with Gasteiger partial charge in [0.15, 0.2) is 0 Å². The van der Waals surface area contributed by atoms with Gasteiger partial charge in [0, 0.05) is 18.2 Å². The van der Waals surface area contributed by atoms with E-state index in [4.69, 9.17) is 9.47 Å². The minimum absolute atomic E-state index is 0.0130. The third-order valence-electron chi connectivity index (χ3n) is 7.00. The molecule has 0 aliphatic carbocycles. The summed E-state index contributed by atoms with van der Waals surface area (Å²) in [5.41, 5.74) is 1.65. The summed E-state index contributed by atoms with van der Waals surface area (Å²) in [5, 5.41) is 3.14. The standard InChI is InChI=1S/C25H29N3O6S/c1-16-3-8-23(35(30,31)32)21(13-16)28-15-22(18-4-6-19(33-2)7-5-18)34-25(28)24(29)26-20-14-27-11-9-17(20)10-12-27/h3-8,13,15,17,20,25H,9-12,14H2,1-2H3,(H,26,29)(H,30,31,32)/t20-,25?/m0/s1. The molecule has 2 bridgehead atoms. The summed E-state index contributed by atoms with van der Waals surface area (Å²) in [6.07, 6.45) is 2.55. The third kappa shape index (κ3) is 4.73. The molecule has 2 atom stereocenters. The fraction of sp³-hybridized carbons (Fsp3) is 0.400. The quantitative estimate of drug-likeness (QED) is 0.584. The SMILES string of the molecule is COc1ccc(C2=CN(c3cc(C)ccc3S(=O)(=O)O)C(C(=O)N[C@H]3CN4CCC3CC4)O2)cc1. The molecule has 4 aliphatic rings. The number of rotatable bonds is 6. The summed E-state index contributed by atoms with van der Waals surface area (Å²) in [4.78, 5) is 17.1. The van der Waals surface area contributed by atoms with Gasteiger partial charge in [-0.2, -0.15) is 8.42 Å². The van der Waals surface area contributed by atoms with Crippen molar-refractivity contribution in [2.75, 3.05) is 31.6 Å². The summed E-state index contributed by atoms with van der Waals surface area (Å²) in [7, 11) is -2.97. The number of hydrogen-bond donors (Lipinski definition) is 2. The van der Waals surface area contributed by atoms with Crippen molar-refractivity contribution >= 4 is 27.5 Å². The lowest BCUT2D eigenvalue weighted by molar-refractivity contribution is -0.130. The number of carbonyl (C=O) groups is 1. The first-order valence-corrected chi connectivity index (χ1v) is 13.1. The number of aryl methyl sites for hydroxylation is 1. The smallest absolute Gasteiger partial charge is 0.296 e. The predicted octanol–water partition coefficient (Wildman–Crippen LogP) is 2.62. The summed E-state index contributed by atoms with van der Waals surface area (Å²) in [6, 6.07) is 11.7. The van der Waals surface area contributed by atoms with Gasteiger partial charge in [0.25, 0.3) is 22.3 Å². The summed E-state index contributed by atoms with van der Waals surface area (Å²) < 4.78 is 45.6. The second-order valence-electron chi connectivity index (χ2n) is 9.30. The molecule has 2 aromatic rings. The largest absolute Gasteiger partial charge is 0.497 e. The third-order valence-corrected chi connectivity index (χ3v) is 7.90. The van der Waals surface area contributed by atoms with Crippen molar-refractivity contribution in [3.63, 3.8) is 0 Å². The Labute approximate surface area is 205 Å². The molecule has 1 amide bonds. The molecule has 0 saturated carbocycles. The number of ether oxygens (including phenoxy) is 2. The topological polar surface area (TPSA) is 108 Å². The van der Waals surface area contributed by atoms with Gasteiger partial charge in [-0.1, -0.05) is 6.07 Å². The molecule has 2 N–H and O–H groups in total. The zero-order valence-corrected chi connectivity index (χ0v) is 20.5. The van der Waals surface area contributed by atoms with Crippen LogP contribution in [0.4, 0.5) is 5.69 Å². The van der Waals surface area contributed by atoms with Crippen LogP contribution in [0.5, 0.6) is 5.75 Å². The van der Waals surface area contributed by atoms with E-state index in [1.54, 1.807) is 49.7 Å². The normalized spacial score (nSPS) is 25.7. The number of benzene rings is 2. The molecule has 0 aromatic heterocycles. The lowest BCUT2D eigenvalue weighted by Gasteiger charge is -2.45. The molecule has 1 unspecified atom stereocenters. The highest BCUT2D eigenvalue weighted by atomic mass is 32.2. The first-order valence-electron chi connectivity index (χ1n) is 11.6. The predicted molar refractivity (Wildman–Crippen MR) is 130 cm³/mol. The van der Waals surface area contributed by atoms with Crippen LogP contribution in [0.25, 0.3) is 5.76 Å². The average molecular weight is 500 g/mol.